The van der Waals surface area contributed by atoms with Gasteiger partial charge in [0.05, 0.1) is 25.6 Å². The van der Waals surface area contributed by atoms with Crippen LogP contribution in [0.4, 0.5) is 15.9 Å². The monoisotopic (exact) mass is 325 g/mol. The van der Waals surface area contributed by atoms with Crippen LogP contribution in [0.25, 0.3) is 0 Å². The molecule has 116 valence electrons. The van der Waals surface area contributed by atoms with Gasteiger partial charge in [-0.25, -0.2) is 14.2 Å². The molecule has 2 aromatic rings. The molecule has 0 aliphatic rings. The lowest BCUT2D eigenvalue weighted by Gasteiger charge is -2.14. The molecule has 1 aromatic heterocycles. The van der Waals surface area contributed by atoms with E-state index in [0.29, 0.717) is 5.69 Å². The summed E-state index contributed by atoms with van der Waals surface area (Å²) in [4.78, 5) is 19.2. The summed E-state index contributed by atoms with van der Waals surface area (Å²) in [5.74, 6) is -1.13. The topological polar surface area (TPSA) is 73.3 Å². The van der Waals surface area contributed by atoms with E-state index in [-0.39, 0.29) is 29.0 Å². The van der Waals surface area contributed by atoms with Gasteiger partial charge in [-0.2, -0.15) is 4.98 Å². The summed E-state index contributed by atoms with van der Waals surface area (Å²) in [7, 11) is 1.40. The van der Waals surface area contributed by atoms with Crippen LogP contribution in [0.2, 0.25) is 5.28 Å². The number of carbonyl (C=O) groups excluding carboxylic acids is 1. The van der Waals surface area contributed by atoms with Crippen LogP contribution < -0.4 is 10.1 Å². The molecule has 6 nitrogen and oxygen atoms in total. The molecule has 1 heterocycles. The molecule has 0 bridgehead atoms. The Morgan fingerprint density at radius 3 is 2.91 bits per heavy atom. The van der Waals surface area contributed by atoms with E-state index < -0.39 is 11.8 Å². The summed E-state index contributed by atoms with van der Waals surface area (Å²) >= 11 is 5.65. The van der Waals surface area contributed by atoms with Gasteiger partial charge in [0.15, 0.2) is 17.4 Å². The Labute approximate surface area is 131 Å². The molecule has 0 aliphatic heterocycles. The van der Waals surface area contributed by atoms with Gasteiger partial charge in [0.25, 0.3) is 0 Å². The van der Waals surface area contributed by atoms with Crippen LogP contribution in [0.15, 0.2) is 24.4 Å². The average molecular weight is 326 g/mol. The van der Waals surface area contributed by atoms with Crippen LogP contribution in [0, 0.1) is 5.82 Å². The Balaban J connectivity index is 2.41. The number of aromatic nitrogens is 2. The third kappa shape index (κ3) is 3.43. The molecule has 0 saturated heterocycles. The van der Waals surface area contributed by atoms with Gasteiger partial charge in [0.2, 0.25) is 5.28 Å². The predicted molar refractivity (Wildman–Crippen MR) is 79.2 cm³/mol. The summed E-state index contributed by atoms with van der Waals surface area (Å²) in [6.45, 7) is 1.93. The van der Waals surface area contributed by atoms with E-state index in [9.17, 15) is 9.18 Å². The number of hydrogen-bond donors (Lipinski definition) is 1. The molecule has 2 rings (SSSR count). The molecule has 0 unspecified atom stereocenters. The highest BCUT2D eigenvalue weighted by molar-refractivity contribution is 6.28. The van der Waals surface area contributed by atoms with Crippen molar-refractivity contribution in [3.05, 3.63) is 41.1 Å². The molecule has 0 radical (unpaired) electrons. The average Bonchev–Trinajstić information content (AvgIpc) is 2.51. The van der Waals surface area contributed by atoms with Crippen LogP contribution >= 0.6 is 11.6 Å². The summed E-state index contributed by atoms with van der Waals surface area (Å²) < 4.78 is 23.9. The Kier molecular flexibility index (Phi) is 5.11. The first-order chi connectivity index (χ1) is 10.6. The van der Waals surface area contributed by atoms with Gasteiger partial charge in [0.1, 0.15) is 5.56 Å². The smallest absolute Gasteiger partial charge is 0.341 e. The van der Waals surface area contributed by atoms with Crippen molar-refractivity contribution in [1.82, 2.24) is 9.97 Å². The number of hydrogen-bond acceptors (Lipinski definition) is 6. The summed E-state index contributed by atoms with van der Waals surface area (Å²) in [6.07, 6.45) is 0.944. The van der Waals surface area contributed by atoms with E-state index >= 15 is 0 Å². The number of para-hydroxylation sites is 1. The van der Waals surface area contributed by atoms with Crippen molar-refractivity contribution in [3.63, 3.8) is 0 Å². The van der Waals surface area contributed by atoms with Gasteiger partial charge in [-0.05, 0) is 30.7 Å². The van der Waals surface area contributed by atoms with Crippen LogP contribution in [0.1, 0.15) is 17.3 Å². The number of carbonyl (C=O) groups is 1. The SMILES string of the molecule is CCOC(=O)c1cccc(Nc2nc(Cl)ncc2F)c1OC. The van der Waals surface area contributed by atoms with Crippen molar-refractivity contribution in [2.45, 2.75) is 6.92 Å². The lowest BCUT2D eigenvalue weighted by atomic mass is 10.1. The second-order valence-corrected chi connectivity index (χ2v) is 4.41. The first-order valence-electron chi connectivity index (χ1n) is 6.36. The number of benzene rings is 1. The largest absolute Gasteiger partial charge is 0.494 e. The fraction of sp³-hybridized carbons (Fsp3) is 0.214. The molecule has 1 N–H and O–H groups in total. The van der Waals surface area contributed by atoms with E-state index in [0.717, 1.165) is 6.20 Å². The first-order valence-corrected chi connectivity index (χ1v) is 6.73. The normalized spacial score (nSPS) is 10.2. The van der Waals surface area contributed by atoms with Gasteiger partial charge in [-0.3, -0.25) is 0 Å². The van der Waals surface area contributed by atoms with Crippen molar-refractivity contribution in [2.75, 3.05) is 19.0 Å². The number of anilines is 2. The van der Waals surface area contributed by atoms with Crippen LogP contribution in [0.5, 0.6) is 5.75 Å². The molecular weight excluding hydrogens is 313 g/mol. The summed E-state index contributed by atoms with van der Waals surface area (Å²) in [5.41, 5.74) is 0.566. The maximum atomic E-state index is 13.7. The van der Waals surface area contributed by atoms with Crippen LogP contribution in [-0.2, 0) is 4.74 Å². The van der Waals surface area contributed by atoms with Gasteiger partial charge < -0.3 is 14.8 Å². The number of nitrogens with one attached hydrogen (secondary N) is 1. The predicted octanol–water partition coefficient (Wildman–Crippen LogP) is 3.20. The van der Waals surface area contributed by atoms with Gasteiger partial charge >= 0.3 is 5.97 Å². The van der Waals surface area contributed by atoms with Crippen LogP contribution in [0.3, 0.4) is 0 Å². The molecule has 1 aromatic carbocycles. The highest BCUT2D eigenvalue weighted by Crippen LogP contribution is 2.32. The highest BCUT2D eigenvalue weighted by atomic mass is 35.5. The molecular formula is C14H13ClFN3O3. The second-order valence-electron chi connectivity index (χ2n) is 4.07. The Morgan fingerprint density at radius 1 is 1.45 bits per heavy atom. The van der Waals surface area contributed by atoms with Gasteiger partial charge in [0, 0.05) is 0 Å². The second kappa shape index (κ2) is 7.04. The molecule has 0 fully saturated rings. The number of rotatable bonds is 5. The van der Waals surface area contributed by atoms with E-state index in [1.165, 1.54) is 7.11 Å². The maximum Gasteiger partial charge on any atom is 0.341 e. The third-order valence-electron chi connectivity index (χ3n) is 2.68. The van der Waals surface area contributed by atoms with E-state index in [1.54, 1.807) is 25.1 Å². The van der Waals surface area contributed by atoms with E-state index in [1.807, 2.05) is 0 Å². The lowest BCUT2D eigenvalue weighted by molar-refractivity contribution is 0.0523. The molecule has 0 atom stereocenters. The Morgan fingerprint density at radius 2 is 2.23 bits per heavy atom. The molecule has 0 spiro atoms. The van der Waals surface area contributed by atoms with Crippen molar-refractivity contribution in [2.24, 2.45) is 0 Å². The zero-order chi connectivity index (χ0) is 16.1. The van der Waals surface area contributed by atoms with Crippen molar-refractivity contribution in [3.8, 4) is 5.75 Å². The van der Waals surface area contributed by atoms with Crippen molar-refractivity contribution in [1.29, 1.82) is 0 Å². The Bertz CT molecular complexity index is 697. The molecule has 22 heavy (non-hydrogen) atoms. The highest BCUT2D eigenvalue weighted by Gasteiger charge is 2.18. The minimum absolute atomic E-state index is 0.107. The fourth-order valence-corrected chi connectivity index (χ4v) is 1.92. The summed E-state index contributed by atoms with van der Waals surface area (Å²) in [6, 6.07) is 4.76. The van der Waals surface area contributed by atoms with Crippen molar-refractivity contribution < 1.29 is 18.7 Å². The molecule has 8 heteroatoms. The summed E-state index contributed by atoms with van der Waals surface area (Å²) in [5, 5.41) is 2.62. The van der Waals surface area contributed by atoms with E-state index in [4.69, 9.17) is 21.1 Å². The number of nitrogens with zero attached hydrogens (tertiary/aromatic N) is 2. The van der Waals surface area contributed by atoms with Crippen LogP contribution in [-0.4, -0.2) is 29.7 Å². The zero-order valence-corrected chi connectivity index (χ0v) is 12.6. The fourth-order valence-electron chi connectivity index (χ4n) is 1.79. The number of esters is 1. The maximum absolute atomic E-state index is 13.7. The van der Waals surface area contributed by atoms with Gasteiger partial charge in [-0.15, -0.1) is 0 Å². The van der Waals surface area contributed by atoms with Gasteiger partial charge in [-0.1, -0.05) is 6.07 Å². The molecule has 0 amide bonds. The third-order valence-corrected chi connectivity index (χ3v) is 2.86. The quantitative estimate of drug-likeness (QED) is 0.672. The minimum atomic E-state index is -0.687. The van der Waals surface area contributed by atoms with Crippen molar-refractivity contribution >= 4 is 29.1 Å². The zero-order valence-electron chi connectivity index (χ0n) is 11.9. The Hall–Kier alpha value is -2.41. The number of halogens is 2. The molecule has 0 aliphatic carbocycles. The lowest BCUT2D eigenvalue weighted by Crippen LogP contribution is -2.08. The first kappa shape index (κ1) is 16.0. The number of methoxy groups -OCH3 is 1. The standard InChI is InChI=1S/C14H13ClFN3O3/c1-3-22-13(20)8-5-4-6-10(11(8)21-2)18-12-9(16)7-17-14(15)19-12/h4-7H,3H2,1-2H3,(H,17,18,19). The molecule has 0 saturated carbocycles. The minimum Gasteiger partial charge on any atom is -0.494 e. The van der Waals surface area contributed by atoms with E-state index in [2.05, 4.69) is 15.3 Å². The number of ether oxygens (including phenoxy) is 2.